The van der Waals surface area contributed by atoms with Gasteiger partial charge in [-0.25, -0.2) is 4.98 Å². The van der Waals surface area contributed by atoms with E-state index in [0.717, 1.165) is 34.5 Å². The van der Waals surface area contributed by atoms with E-state index in [4.69, 9.17) is 0 Å². The van der Waals surface area contributed by atoms with Crippen LogP contribution in [0.3, 0.4) is 0 Å². The smallest absolute Gasteiger partial charge is 0.263 e. The molecule has 1 amide bonds. The van der Waals surface area contributed by atoms with E-state index in [9.17, 15) is 9.59 Å². The lowest BCUT2D eigenvalue weighted by Gasteiger charge is -2.27. The summed E-state index contributed by atoms with van der Waals surface area (Å²) >= 11 is 3.06. The van der Waals surface area contributed by atoms with E-state index < -0.39 is 0 Å². The first-order chi connectivity index (χ1) is 12.6. The molecule has 1 aliphatic rings. The van der Waals surface area contributed by atoms with Crippen molar-refractivity contribution in [2.24, 2.45) is 5.92 Å². The van der Waals surface area contributed by atoms with Crippen LogP contribution in [0.15, 0.2) is 34.0 Å². The van der Waals surface area contributed by atoms with Crippen molar-refractivity contribution in [3.05, 3.63) is 39.6 Å². The third-order valence-corrected chi connectivity index (χ3v) is 6.75. The zero-order chi connectivity index (χ0) is 18.1. The molecule has 3 aromatic rings. The van der Waals surface area contributed by atoms with Gasteiger partial charge in [-0.15, -0.1) is 22.7 Å². The number of hydrogen-bond donors (Lipinski definition) is 1. The van der Waals surface area contributed by atoms with Gasteiger partial charge in [-0.2, -0.15) is 0 Å². The lowest BCUT2D eigenvalue weighted by Crippen LogP contribution is -2.41. The third kappa shape index (κ3) is 3.46. The first-order valence-corrected chi connectivity index (χ1v) is 10.7. The van der Waals surface area contributed by atoms with Crippen molar-refractivity contribution >= 4 is 38.8 Å². The van der Waals surface area contributed by atoms with Gasteiger partial charge in [0.2, 0.25) is 5.91 Å². The molecule has 1 N–H and O–H groups in total. The highest BCUT2D eigenvalue weighted by Crippen LogP contribution is 2.33. The Morgan fingerprint density at radius 3 is 3.04 bits per heavy atom. The highest BCUT2D eigenvalue weighted by Gasteiger charge is 2.21. The largest absolute Gasteiger partial charge is 0.352 e. The standard InChI is InChI=1S/C19H21N3O2S2/c1-12-4-2-5-13(8-12)21-16(23)9-22-11-20-18-17(19(22)24)14(10-26-18)15-6-3-7-25-15/h3,6-7,10-13H,2,4-5,8-9H2,1H3,(H,21,23). The van der Waals surface area contributed by atoms with Crippen LogP contribution in [0.2, 0.25) is 0 Å². The van der Waals surface area contributed by atoms with Crippen molar-refractivity contribution < 1.29 is 4.79 Å². The fourth-order valence-corrected chi connectivity index (χ4v) is 5.41. The van der Waals surface area contributed by atoms with E-state index in [1.165, 1.54) is 28.7 Å². The average Bonchev–Trinajstić information content (AvgIpc) is 3.26. The Bertz CT molecular complexity index is 974. The van der Waals surface area contributed by atoms with Crippen LogP contribution in [0.1, 0.15) is 32.6 Å². The number of carbonyl (C=O) groups is 1. The Morgan fingerprint density at radius 1 is 1.38 bits per heavy atom. The maximum absolute atomic E-state index is 12.9. The van der Waals surface area contributed by atoms with Crippen molar-refractivity contribution in [2.75, 3.05) is 0 Å². The number of rotatable bonds is 4. The van der Waals surface area contributed by atoms with Gasteiger partial charge in [0.15, 0.2) is 0 Å². The van der Waals surface area contributed by atoms with E-state index in [0.29, 0.717) is 11.3 Å². The zero-order valence-corrected chi connectivity index (χ0v) is 16.2. The quantitative estimate of drug-likeness (QED) is 0.739. The topological polar surface area (TPSA) is 64.0 Å². The van der Waals surface area contributed by atoms with E-state index >= 15 is 0 Å². The number of nitrogens with one attached hydrogen (secondary N) is 1. The fourth-order valence-electron chi connectivity index (χ4n) is 3.69. The van der Waals surface area contributed by atoms with Gasteiger partial charge < -0.3 is 5.32 Å². The molecule has 3 heterocycles. The first-order valence-electron chi connectivity index (χ1n) is 8.91. The van der Waals surface area contributed by atoms with Crippen molar-refractivity contribution in [2.45, 2.75) is 45.2 Å². The second kappa shape index (κ2) is 7.32. The molecule has 4 rings (SSSR count). The van der Waals surface area contributed by atoms with Crippen LogP contribution < -0.4 is 10.9 Å². The van der Waals surface area contributed by atoms with Gasteiger partial charge in [0.05, 0.1) is 11.7 Å². The number of aromatic nitrogens is 2. The van der Waals surface area contributed by atoms with Gasteiger partial charge in [0, 0.05) is 21.9 Å². The number of carbonyl (C=O) groups excluding carboxylic acids is 1. The monoisotopic (exact) mass is 387 g/mol. The SMILES string of the molecule is CC1CCCC(NC(=O)Cn2cnc3scc(-c4cccs4)c3c2=O)C1. The molecule has 0 spiro atoms. The molecule has 2 atom stereocenters. The summed E-state index contributed by atoms with van der Waals surface area (Å²) in [4.78, 5) is 31.5. The number of hydrogen-bond acceptors (Lipinski definition) is 5. The highest BCUT2D eigenvalue weighted by molar-refractivity contribution is 7.18. The molecular weight excluding hydrogens is 366 g/mol. The Balaban J connectivity index is 1.57. The Morgan fingerprint density at radius 2 is 2.27 bits per heavy atom. The lowest BCUT2D eigenvalue weighted by molar-refractivity contribution is -0.122. The highest BCUT2D eigenvalue weighted by atomic mass is 32.1. The molecule has 5 nitrogen and oxygen atoms in total. The normalized spacial score (nSPS) is 20.3. The molecular formula is C19H21N3O2S2. The summed E-state index contributed by atoms with van der Waals surface area (Å²) in [6.07, 6.45) is 5.91. The molecule has 7 heteroatoms. The maximum atomic E-state index is 12.9. The molecule has 1 saturated carbocycles. The van der Waals surface area contributed by atoms with Crippen LogP contribution in [0.4, 0.5) is 0 Å². The summed E-state index contributed by atoms with van der Waals surface area (Å²) in [5, 5.41) is 7.66. The Labute approximate surface area is 159 Å². The fraction of sp³-hybridized carbons (Fsp3) is 0.421. The van der Waals surface area contributed by atoms with Crippen molar-refractivity contribution in [1.29, 1.82) is 0 Å². The van der Waals surface area contributed by atoms with Crippen molar-refractivity contribution in [3.63, 3.8) is 0 Å². The van der Waals surface area contributed by atoms with Gasteiger partial charge in [-0.05, 0) is 30.2 Å². The summed E-state index contributed by atoms with van der Waals surface area (Å²) in [6, 6.07) is 4.19. The molecule has 0 radical (unpaired) electrons. The van der Waals surface area contributed by atoms with Crippen LogP contribution in [0, 0.1) is 5.92 Å². The van der Waals surface area contributed by atoms with Crippen LogP contribution >= 0.6 is 22.7 Å². The summed E-state index contributed by atoms with van der Waals surface area (Å²) in [6.45, 7) is 2.25. The molecule has 0 aromatic carbocycles. The van der Waals surface area contributed by atoms with Crippen LogP contribution in [-0.2, 0) is 11.3 Å². The molecule has 2 unspecified atom stereocenters. The predicted octanol–water partition coefficient (Wildman–Crippen LogP) is 3.88. The summed E-state index contributed by atoms with van der Waals surface area (Å²) in [5.74, 6) is 0.536. The van der Waals surface area contributed by atoms with Crippen LogP contribution in [0.25, 0.3) is 20.7 Å². The van der Waals surface area contributed by atoms with Gasteiger partial charge >= 0.3 is 0 Å². The van der Waals surface area contributed by atoms with Gasteiger partial charge in [0.1, 0.15) is 11.4 Å². The van der Waals surface area contributed by atoms with E-state index in [2.05, 4.69) is 17.2 Å². The molecule has 1 aliphatic carbocycles. The second-order valence-corrected chi connectivity index (χ2v) is 8.83. The minimum atomic E-state index is -0.146. The first kappa shape index (κ1) is 17.4. The molecule has 1 fully saturated rings. The molecule has 0 saturated heterocycles. The maximum Gasteiger partial charge on any atom is 0.263 e. The number of nitrogens with zero attached hydrogens (tertiary/aromatic N) is 2. The summed E-state index contributed by atoms with van der Waals surface area (Å²) < 4.78 is 1.42. The van der Waals surface area contributed by atoms with Crippen molar-refractivity contribution in [3.8, 4) is 10.4 Å². The summed E-state index contributed by atoms with van der Waals surface area (Å²) in [7, 11) is 0. The summed E-state index contributed by atoms with van der Waals surface area (Å²) in [5.41, 5.74) is 0.764. The minimum Gasteiger partial charge on any atom is -0.352 e. The molecule has 0 bridgehead atoms. The number of fused-ring (bicyclic) bond motifs is 1. The van der Waals surface area contributed by atoms with Crippen LogP contribution in [0.5, 0.6) is 0 Å². The molecule has 136 valence electrons. The Kier molecular flexibility index (Phi) is 4.91. The average molecular weight is 388 g/mol. The van der Waals surface area contributed by atoms with Gasteiger partial charge in [0.25, 0.3) is 5.56 Å². The number of amides is 1. The Hall–Kier alpha value is -1.99. The van der Waals surface area contributed by atoms with E-state index in [1.54, 1.807) is 11.3 Å². The van der Waals surface area contributed by atoms with Crippen LogP contribution in [-0.4, -0.2) is 21.5 Å². The van der Waals surface area contributed by atoms with E-state index in [-0.39, 0.29) is 24.1 Å². The minimum absolute atomic E-state index is 0.0202. The zero-order valence-electron chi connectivity index (χ0n) is 14.6. The second-order valence-electron chi connectivity index (χ2n) is 7.02. The van der Waals surface area contributed by atoms with E-state index in [1.807, 2.05) is 22.9 Å². The third-order valence-electron chi connectivity index (χ3n) is 4.96. The van der Waals surface area contributed by atoms with Crippen molar-refractivity contribution in [1.82, 2.24) is 14.9 Å². The predicted molar refractivity (Wildman–Crippen MR) is 107 cm³/mol. The van der Waals surface area contributed by atoms with Gasteiger partial charge in [-0.1, -0.05) is 25.8 Å². The number of thiophene rings is 2. The molecule has 26 heavy (non-hydrogen) atoms. The lowest BCUT2D eigenvalue weighted by atomic mass is 9.87. The molecule has 3 aromatic heterocycles. The molecule has 0 aliphatic heterocycles. The van der Waals surface area contributed by atoms with Gasteiger partial charge in [-0.3, -0.25) is 14.2 Å².